The molecule has 0 aliphatic rings. The van der Waals surface area contributed by atoms with Crippen LogP contribution in [0.1, 0.15) is 32.4 Å². The zero-order valence-corrected chi connectivity index (χ0v) is 16.8. The molecular formula is C20H27N3O3S. The van der Waals surface area contributed by atoms with Crippen LogP contribution in [0, 0.1) is 0 Å². The lowest BCUT2D eigenvalue weighted by molar-refractivity contribution is -0.115. The predicted molar refractivity (Wildman–Crippen MR) is 108 cm³/mol. The Morgan fingerprint density at radius 1 is 1.04 bits per heavy atom. The van der Waals surface area contributed by atoms with Crippen molar-refractivity contribution in [3.8, 4) is 0 Å². The molecule has 0 spiro atoms. The van der Waals surface area contributed by atoms with Gasteiger partial charge in [0.1, 0.15) is 0 Å². The summed E-state index contributed by atoms with van der Waals surface area (Å²) in [4.78, 5) is 12.4. The number of hydrogen-bond donors (Lipinski definition) is 2. The van der Waals surface area contributed by atoms with Crippen LogP contribution in [0.3, 0.4) is 0 Å². The SMILES string of the molecule is CCN(CC)S(=O)(=O)c1cccc(NC(=O)CN[C@H](C)c2ccccc2)c1. The van der Waals surface area contributed by atoms with Gasteiger partial charge in [0.2, 0.25) is 15.9 Å². The van der Waals surface area contributed by atoms with E-state index in [9.17, 15) is 13.2 Å². The molecule has 7 heteroatoms. The monoisotopic (exact) mass is 389 g/mol. The first-order valence-corrected chi connectivity index (χ1v) is 10.5. The molecule has 6 nitrogen and oxygen atoms in total. The number of benzene rings is 2. The van der Waals surface area contributed by atoms with E-state index in [1.165, 1.54) is 10.4 Å². The summed E-state index contributed by atoms with van der Waals surface area (Å²) in [6.45, 7) is 6.51. The average Bonchev–Trinajstić information content (AvgIpc) is 2.67. The second-order valence-electron chi connectivity index (χ2n) is 6.18. The molecule has 0 heterocycles. The van der Waals surface area contributed by atoms with Gasteiger partial charge in [0.25, 0.3) is 0 Å². The summed E-state index contributed by atoms with van der Waals surface area (Å²) in [6, 6.07) is 16.2. The van der Waals surface area contributed by atoms with Gasteiger partial charge < -0.3 is 10.6 Å². The minimum absolute atomic E-state index is 0.0336. The minimum atomic E-state index is -3.55. The first kappa shape index (κ1) is 21.1. The third kappa shape index (κ3) is 5.63. The standard InChI is InChI=1S/C20H27N3O3S/c1-4-23(5-2)27(25,26)19-13-9-12-18(14-19)22-20(24)15-21-16(3)17-10-7-6-8-11-17/h6-14,16,21H,4-5,15H2,1-3H3,(H,22,24)/t16-/m1/s1. The fourth-order valence-electron chi connectivity index (χ4n) is 2.76. The highest BCUT2D eigenvalue weighted by Crippen LogP contribution is 2.19. The zero-order chi connectivity index (χ0) is 19.9. The van der Waals surface area contributed by atoms with E-state index < -0.39 is 10.0 Å². The van der Waals surface area contributed by atoms with Gasteiger partial charge in [0.05, 0.1) is 11.4 Å². The van der Waals surface area contributed by atoms with Gasteiger partial charge >= 0.3 is 0 Å². The summed E-state index contributed by atoms with van der Waals surface area (Å²) < 4.78 is 26.6. The Bertz CT molecular complexity index is 850. The van der Waals surface area contributed by atoms with Crippen LogP contribution in [-0.2, 0) is 14.8 Å². The Labute approximate surface area is 161 Å². The lowest BCUT2D eigenvalue weighted by Crippen LogP contribution is -2.31. The van der Waals surface area contributed by atoms with Crippen LogP contribution < -0.4 is 10.6 Å². The van der Waals surface area contributed by atoms with Crippen LogP contribution >= 0.6 is 0 Å². The number of hydrogen-bond acceptors (Lipinski definition) is 4. The van der Waals surface area contributed by atoms with Gasteiger partial charge in [-0.25, -0.2) is 8.42 Å². The molecule has 0 fully saturated rings. The lowest BCUT2D eigenvalue weighted by Gasteiger charge is -2.19. The molecule has 2 aromatic rings. The fraction of sp³-hybridized carbons (Fsp3) is 0.350. The molecule has 0 unspecified atom stereocenters. The van der Waals surface area contributed by atoms with Crippen LogP contribution in [0.2, 0.25) is 0 Å². The molecule has 1 amide bonds. The Morgan fingerprint density at radius 3 is 2.33 bits per heavy atom. The van der Waals surface area contributed by atoms with Gasteiger partial charge in [-0.1, -0.05) is 50.2 Å². The maximum atomic E-state index is 12.6. The van der Waals surface area contributed by atoms with E-state index in [-0.39, 0.29) is 23.4 Å². The molecular weight excluding hydrogens is 362 g/mol. The number of anilines is 1. The van der Waals surface area contributed by atoms with Crippen molar-refractivity contribution in [2.24, 2.45) is 0 Å². The van der Waals surface area contributed by atoms with Gasteiger partial charge in [0, 0.05) is 24.8 Å². The highest BCUT2D eigenvalue weighted by molar-refractivity contribution is 7.89. The number of nitrogens with zero attached hydrogens (tertiary/aromatic N) is 1. The van der Waals surface area contributed by atoms with Crippen molar-refractivity contribution in [1.29, 1.82) is 0 Å². The highest BCUT2D eigenvalue weighted by atomic mass is 32.2. The minimum Gasteiger partial charge on any atom is -0.325 e. The Hall–Kier alpha value is -2.22. The van der Waals surface area contributed by atoms with E-state index in [0.717, 1.165) is 5.56 Å². The van der Waals surface area contributed by atoms with Crippen molar-refractivity contribution < 1.29 is 13.2 Å². The average molecular weight is 390 g/mol. The zero-order valence-electron chi connectivity index (χ0n) is 16.0. The molecule has 0 aromatic heterocycles. The molecule has 0 bridgehead atoms. The largest absolute Gasteiger partial charge is 0.325 e. The van der Waals surface area contributed by atoms with E-state index in [2.05, 4.69) is 10.6 Å². The highest BCUT2D eigenvalue weighted by Gasteiger charge is 2.21. The maximum absolute atomic E-state index is 12.6. The van der Waals surface area contributed by atoms with Crippen molar-refractivity contribution in [2.45, 2.75) is 31.7 Å². The Kier molecular flexibility index (Phi) is 7.53. The topological polar surface area (TPSA) is 78.5 Å². The predicted octanol–water partition coefficient (Wildman–Crippen LogP) is 3.01. The molecule has 0 saturated carbocycles. The molecule has 2 aromatic carbocycles. The summed E-state index contributed by atoms with van der Waals surface area (Å²) in [6.07, 6.45) is 0. The van der Waals surface area contributed by atoms with Crippen molar-refractivity contribution in [3.05, 3.63) is 60.2 Å². The number of rotatable bonds is 9. The molecule has 0 aliphatic heterocycles. The van der Waals surface area contributed by atoms with Gasteiger partial charge in [-0.15, -0.1) is 0 Å². The van der Waals surface area contributed by atoms with Crippen LogP contribution in [0.15, 0.2) is 59.5 Å². The summed E-state index contributed by atoms with van der Waals surface area (Å²) in [5.74, 6) is -0.227. The van der Waals surface area contributed by atoms with E-state index in [1.54, 1.807) is 32.0 Å². The third-order valence-electron chi connectivity index (χ3n) is 4.33. The molecule has 1 atom stereocenters. The van der Waals surface area contributed by atoms with Crippen LogP contribution in [0.4, 0.5) is 5.69 Å². The first-order valence-electron chi connectivity index (χ1n) is 9.06. The van der Waals surface area contributed by atoms with Gasteiger partial charge in [-0.05, 0) is 30.7 Å². The van der Waals surface area contributed by atoms with Gasteiger partial charge in [-0.2, -0.15) is 4.31 Å². The number of nitrogens with one attached hydrogen (secondary N) is 2. The van der Waals surface area contributed by atoms with Crippen LogP contribution in [0.5, 0.6) is 0 Å². The lowest BCUT2D eigenvalue weighted by atomic mass is 10.1. The number of carbonyl (C=O) groups excluding carboxylic acids is 1. The molecule has 0 aliphatic carbocycles. The van der Waals surface area contributed by atoms with Crippen LogP contribution in [-0.4, -0.2) is 38.3 Å². The molecule has 27 heavy (non-hydrogen) atoms. The number of amides is 1. The summed E-state index contributed by atoms with van der Waals surface area (Å²) in [5, 5.41) is 5.91. The molecule has 0 radical (unpaired) electrons. The third-order valence-corrected chi connectivity index (χ3v) is 6.38. The molecule has 0 saturated heterocycles. The van der Waals surface area contributed by atoms with Crippen LogP contribution in [0.25, 0.3) is 0 Å². The number of sulfonamides is 1. The summed E-state index contributed by atoms with van der Waals surface area (Å²) in [7, 11) is -3.55. The van der Waals surface area contributed by atoms with Crippen molar-refractivity contribution in [1.82, 2.24) is 9.62 Å². The first-order chi connectivity index (χ1) is 12.9. The Morgan fingerprint density at radius 2 is 1.70 bits per heavy atom. The smallest absolute Gasteiger partial charge is 0.243 e. The second kappa shape index (κ2) is 9.64. The summed E-state index contributed by atoms with van der Waals surface area (Å²) >= 11 is 0. The maximum Gasteiger partial charge on any atom is 0.243 e. The van der Waals surface area contributed by atoms with E-state index in [4.69, 9.17) is 0 Å². The fourth-order valence-corrected chi connectivity index (χ4v) is 4.26. The molecule has 2 N–H and O–H groups in total. The normalized spacial score (nSPS) is 12.7. The number of carbonyl (C=O) groups is 1. The molecule has 146 valence electrons. The second-order valence-corrected chi connectivity index (χ2v) is 8.12. The van der Waals surface area contributed by atoms with E-state index >= 15 is 0 Å². The van der Waals surface area contributed by atoms with E-state index in [0.29, 0.717) is 18.8 Å². The van der Waals surface area contributed by atoms with Crippen molar-refractivity contribution in [2.75, 3.05) is 25.0 Å². The Balaban J connectivity index is 2.00. The van der Waals surface area contributed by atoms with E-state index in [1.807, 2.05) is 37.3 Å². The quantitative estimate of drug-likeness (QED) is 0.691. The van der Waals surface area contributed by atoms with Crippen molar-refractivity contribution >= 4 is 21.6 Å². The van der Waals surface area contributed by atoms with Gasteiger partial charge in [-0.3, -0.25) is 4.79 Å². The summed E-state index contributed by atoms with van der Waals surface area (Å²) in [5.41, 5.74) is 1.56. The van der Waals surface area contributed by atoms with Gasteiger partial charge in [0.15, 0.2) is 0 Å². The van der Waals surface area contributed by atoms with Crippen molar-refractivity contribution in [3.63, 3.8) is 0 Å². The molecule has 2 rings (SSSR count).